The number of halogens is 1. The molecule has 2 aromatic rings. The van der Waals surface area contributed by atoms with Gasteiger partial charge in [-0.05, 0) is 44.0 Å². The lowest BCUT2D eigenvalue weighted by Gasteiger charge is -2.17. The minimum Gasteiger partial charge on any atom is -0.396 e. The Kier molecular flexibility index (Phi) is 5.93. The smallest absolute Gasteiger partial charge is 0.254 e. The molecule has 2 rings (SSSR count). The first kappa shape index (κ1) is 18.7. The van der Waals surface area contributed by atoms with Crippen molar-refractivity contribution >= 4 is 17.4 Å². The fraction of sp³-hybridized carbons (Fsp3) is 0.333. The Bertz CT molecular complexity index is 846. The Morgan fingerprint density at radius 1 is 1.28 bits per heavy atom. The van der Waals surface area contributed by atoms with Crippen LogP contribution >= 0.6 is 0 Å². The van der Waals surface area contributed by atoms with E-state index in [1.54, 1.807) is 26.0 Å². The van der Waals surface area contributed by atoms with Gasteiger partial charge in [0.2, 0.25) is 0 Å². The zero-order valence-corrected chi connectivity index (χ0v) is 14.5. The van der Waals surface area contributed by atoms with Crippen molar-refractivity contribution in [1.82, 2.24) is 9.88 Å². The summed E-state index contributed by atoms with van der Waals surface area (Å²) >= 11 is 0. The van der Waals surface area contributed by atoms with E-state index in [0.29, 0.717) is 18.5 Å². The number of aliphatic hydroxyl groups excluding tert-OH is 1. The van der Waals surface area contributed by atoms with Gasteiger partial charge in [0.25, 0.3) is 11.5 Å². The van der Waals surface area contributed by atoms with Crippen molar-refractivity contribution in [2.75, 3.05) is 18.5 Å². The van der Waals surface area contributed by atoms with Gasteiger partial charge in [-0.3, -0.25) is 14.2 Å². The van der Waals surface area contributed by atoms with Crippen molar-refractivity contribution in [3.05, 3.63) is 57.1 Å². The molecule has 6 nitrogen and oxygen atoms in total. The zero-order valence-electron chi connectivity index (χ0n) is 14.5. The van der Waals surface area contributed by atoms with Crippen LogP contribution in [0, 0.1) is 19.7 Å². The van der Waals surface area contributed by atoms with Crippen molar-refractivity contribution in [3.8, 4) is 0 Å². The third kappa shape index (κ3) is 4.24. The number of carbonyl (C=O) groups is 1. The van der Waals surface area contributed by atoms with Crippen LogP contribution in [0.4, 0.5) is 15.9 Å². The molecule has 1 aromatic carbocycles. The molecule has 0 aliphatic heterocycles. The lowest BCUT2D eigenvalue weighted by atomic mass is 10.1. The number of nitrogens with one attached hydrogen (secondary N) is 2. The lowest BCUT2D eigenvalue weighted by molar-refractivity contribution is 0.0951. The van der Waals surface area contributed by atoms with Crippen molar-refractivity contribution in [1.29, 1.82) is 0 Å². The van der Waals surface area contributed by atoms with Crippen molar-refractivity contribution in [2.24, 2.45) is 7.05 Å². The molecule has 25 heavy (non-hydrogen) atoms. The molecule has 0 saturated carbocycles. The highest BCUT2D eigenvalue weighted by molar-refractivity contribution is 5.99. The average Bonchev–Trinajstić information content (AvgIpc) is 2.57. The third-order valence-corrected chi connectivity index (χ3v) is 3.84. The molecule has 7 heteroatoms. The molecular weight excluding hydrogens is 325 g/mol. The second-order valence-corrected chi connectivity index (χ2v) is 5.90. The van der Waals surface area contributed by atoms with E-state index in [4.69, 9.17) is 5.11 Å². The minimum atomic E-state index is -0.473. The first-order chi connectivity index (χ1) is 11.8. The lowest BCUT2D eigenvalue weighted by Crippen LogP contribution is -2.30. The molecule has 1 amide bonds. The minimum absolute atomic E-state index is 0.0354. The highest BCUT2D eigenvalue weighted by Crippen LogP contribution is 2.23. The standard InChI is InChI=1S/C18H22FN3O3/c1-11-5-6-15(14(19)9-11)21-16-13(17(24)20-7-4-8-23)10-12(2)18(25)22(16)3/h5-6,9-10,21,23H,4,7-8H2,1-3H3,(H,20,24). The van der Waals surface area contributed by atoms with Gasteiger partial charge < -0.3 is 15.7 Å². The molecule has 0 bridgehead atoms. The first-order valence-electron chi connectivity index (χ1n) is 7.98. The molecule has 3 N–H and O–H groups in total. The van der Waals surface area contributed by atoms with Crippen LogP contribution in [0.3, 0.4) is 0 Å². The predicted octanol–water partition coefficient (Wildman–Crippen LogP) is 2.00. The maximum Gasteiger partial charge on any atom is 0.254 e. The van der Waals surface area contributed by atoms with Gasteiger partial charge in [-0.2, -0.15) is 0 Å². The summed E-state index contributed by atoms with van der Waals surface area (Å²) in [7, 11) is 1.52. The first-order valence-corrected chi connectivity index (χ1v) is 7.98. The van der Waals surface area contributed by atoms with Crippen LogP contribution in [0.1, 0.15) is 27.9 Å². The van der Waals surface area contributed by atoms with Crippen LogP contribution in [0.5, 0.6) is 0 Å². The summed E-state index contributed by atoms with van der Waals surface area (Å²) in [4.78, 5) is 24.7. The Hall–Kier alpha value is -2.67. The number of hydrogen-bond acceptors (Lipinski definition) is 4. The fourth-order valence-corrected chi connectivity index (χ4v) is 2.44. The Morgan fingerprint density at radius 2 is 2.00 bits per heavy atom. The molecule has 1 heterocycles. The van der Waals surface area contributed by atoms with Gasteiger partial charge in [0.15, 0.2) is 0 Å². The molecule has 0 fully saturated rings. The Labute approximate surface area is 145 Å². The second kappa shape index (κ2) is 7.94. The van der Waals surface area contributed by atoms with E-state index in [9.17, 15) is 14.0 Å². The number of anilines is 2. The van der Waals surface area contributed by atoms with Gasteiger partial charge in [-0.1, -0.05) is 6.07 Å². The quantitative estimate of drug-likeness (QED) is 0.698. The monoisotopic (exact) mass is 347 g/mol. The van der Waals surface area contributed by atoms with Crippen LogP contribution in [-0.2, 0) is 7.05 Å². The Balaban J connectivity index is 2.45. The van der Waals surface area contributed by atoms with E-state index in [-0.39, 0.29) is 29.2 Å². The molecule has 1 aromatic heterocycles. The van der Waals surface area contributed by atoms with Gasteiger partial charge in [-0.25, -0.2) is 4.39 Å². The van der Waals surface area contributed by atoms with Gasteiger partial charge in [0.05, 0.1) is 11.3 Å². The number of carbonyl (C=O) groups excluding carboxylic acids is 1. The molecular formula is C18H22FN3O3. The van der Waals surface area contributed by atoms with Gasteiger partial charge in [-0.15, -0.1) is 0 Å². The summed E-state index contributed by atoms with van der Waals surface area (Å²) in [6.45, 7) is 3.65. The van der Waals surface area contributed by atoms with E-state index in [2.05, 4.69) is 10.6 Å². The highest BCUT2D eigenvalue weighted by atomic mass is 19.1. The summed E-state index contributed by atoms with van der Waals surface area (Å²) in [6, 6.07) is 6.14. The van der Waals surface area contributed by atoms with Crippen molar-refractivity contribution < 1.29 is 14.3 Å². The van der Waals surface area contributed by atoms with Gasteiger partial charge >= 0.3 is 0 Å². The summed E-state index contributed by atoms with van der Waals surface area (Å²) in [6.07, 6.45) is 0.422. The normalized spacial score (nSPS) is 10.6. The molecule has 0 aliphatic rings. The molecule has 0 aliphatic carbocycles. The molecule has 0 unspecified atom stereocenters. The third-order valence-electron chi connectivity index (χ3n) is 3.84. The van der Waals surface area contributed by atoms with Crippen molar-refractivity contribution in [3.63, 3.8) is 0 Å². The summed E-state index contributed by atoms with van der Waals surface area (Å²) < 4.78 is 15.4. The number of benzene rings is 1. The zero-order chi connectivity index (χ0) is 18.6. The summed E-state index contributed by atoms with van der Waals surface area (Å²) in [5.41, 5.74) is 1.31. The van der Waals surface area contributed by atoms with Crippen LogP contribution < -0.4 is 16.2 Å². The van der Waals surface area contributed by atoms with Gasteiger partial charge in [0.1, 0.15) is 11.6 Å². The number of rotatable bonds is 6. The van der Waals surface area contributed by atoms with E-state index in [1.807, 2.05) is 0 Å². The van der Waals surface area contributed by atoms with Gasteiger partial charge in [0, 0.05) is 25.8 Å². The van der Waals surface area contributed by atoms with E-state index < -0.39 is 11.7 Å². The maximum atomic E-state index is 14.2. The molecule has 0 spiro atoms. The topological polar surface area (TPSA) is 83.4 Å². The molecule has 0 atom stereocenters. The van der Waals surface area contributed by atoms with Crippen LogP contribution in [0.15, 0.2) is 29.1 Å². The molecule has 134 valence electrons. The fourth-order valence-electron chi connectivity index (χ4n) is 2.44. The summed E-state index contributed by atoms with van der Waals surface area (Å²) in [5, 5.41) is 14.4. The number of aliphatic hydroxyl groups is 1. The number of hydrogen-bond donors (Lipinski definition) is 3. The molecule has 0 saturated heterocycles. The largest absolute Gasteiger partial charge is 0.396 e. The van der Waals surface area contributed by atoms with E-state index in [1.165, 1.54) is 23.7 Å². The number of amides is 1. The predicted molar refractivity (Wildman–Crippen MR) is 94.9 cm³/mol. The van der Waals surface area contributed by atoms with E-state index in [0.717, 1.165) is 5.56 Å². The molecule has 0 radical (unpaired) electrons. The van der Waals surface area contributed by atoms with E-state index >= 15 is 0 Å². The Morgan fingerprint density at radius 3 is 2.64 bits per heavy atom. The maximum absolute atomic E-state index is 14.2. The number of nitrogens with zero attached hydrogens (tertiary/aromatic N) is 1. The van der Waals surface area contributed by atoms with Crippen LogP contribution in [0.2, 0.25) is 0 Å². The SMILES string of the molecule is Cc1ccc(Nc2c(C(=O)NCCCO)cc(C)c(=O)n2C)c(F)c1. The van der Waals surface area contributed by atoms with Crippen LogP contribution in [0.25, 0.3) is 0 Å². The van der Waals surface area contributed by atoms with Crippen LogP contribution in [-0.4, -0.2) is 28.7 Å². The highest BCUT2D eigenvalue weighted by Gasteiger charge is 2.18. The second-order valence-electron chi connectivity index (χ2n) is 5.90. The number of aromatic nitrogens is 1. The summed E-state index contributed by atoms with van der Waals surface area (Å²) in [5.74, 6) is -0.665. The number of aryl methyl sites for hydroxylation is 2. The van der Waals surface area contributed by atoms with Crippen molar-refractivity contribution in [2.45, 2.75) is 20.3 Å². The average molecular weight is 347 g/mol. The number of pyridine rings is 1.